The zero-order valence-electron chi connectivity index (χ0n) is 16.4. The first-order chi connectivity index (χ1) is 12.9. The van der Waals surface area contributed by atoms with Crippen LogP contribution in [0.5, 0.6) is 5.75 Å². The summed E-state index contributed by atoms with van der Waals surface area (Å²) < 4.78 is 5.87. The van der Waals surface area contributed by atoms with Crippen molar-refractivity contribution in [3.05, 3.63) is 36.0 Å². The molecule has 1 fully saturated rings. The molecule has 0 radical (unpaired) electrons. The molecule has 0 aliphatic carbocycles. The molecule has 0 unspecified atom stereocenters. The minimum absolute atomic E-state index is 0.0909. The molecule has 7 heteroatoms. The highest BCUT2D eigenvalue weighted by Gasteiger charge is 2.21. The Bertz CT molecular complexity index is 801. The lowest BCUT2D eigenvalue weighted by Crippen LogP contribution is -2.48. The highest BCUT2D eigenvalue weighted by molar-refractivity contribution is 5.73. The number of ether oxygens (including phenoxy) is 1. The van der Waals surface area contributed by atoms with Crippen LogP contribution in [0.4, 0.5) is 17.5 Å². The first-order valence-corrected chi connectivity index (χ1v) is 9.31. The summed E-state index contributed by atoms with van der Waals surface area (Å²) in [5.74, 6) is 2.32. The van der Waals surface area contributed by atoms with Crippen molar-refractivity contribution in [2.24, 2.45) is 0 Å². The number of aryl methyl sites for hydroxylation is 1. The highest BCUT2D eigenvalue weighted by atomic mass is 16.5. The maximum absolute atomic E-state index is 11.5. The molecule has 1 aliphatic rings. The Labute approximate surface area is 160 Å². The molecule has 2 aromatic rings. The fourth-order valence-corrected chi connectivity index (χ4v) is 3.04. The van der Waals surface area contributed by atoms with Gasteiger partial charge in [-0.05, 0) is 32.9 Å². The molecule has 7 nitrogen and oxygen atoms in total. The van der Waals surface area contributed by atoms with Crippen LogP contribution in [0, 0.1) is 6.92 Å². The van der Waals surface area contributed by atoms with Gasteiger partial charge in [-0.25, -0.2) is 4.98 Å². The first kappa shape index (κ1) is 18.9. The monoisotopic (exact) mass is 369 g/mol. The Morgan fingerprint density at radius 1 is 1.15 bits per heavy atom. The van der Waals surface area contributed by atoms with Gasteiger partial charge in [0.15, 0.2) is 0 Å². The van der Waals surface area contributed by atoms with Crippen molar-refractivity contribution in [1.29, 1.82) is 0 Å². The fraction of sp³-hybridized carbons (Fsp3) is 0.450. The van der Waals surface area contributed by atoms with Crippen LogP contribution in [0.25, 0.3) is 0 Å². The standard InChI is InChI=1S/C20H27N5O2/c1-14(2)27-18-8-6-5-7-17(18)22-19-13-15(3)21-20(23-19)25-11-9-24(10-12-25)16(4)26/h5-8,13-14H,9-12H2,1-4H3,(H,21,22,23). The maximum Gasteiger partial charge on any atom is 0.227 e. The van der Waals surface area contributed by atoms with Gasteiger partial charge in [-0.2, -0.15) is 4.98 Å². The molecule has 1 saturated heterocycles. The first-order valence-electron chi connectivity index (χ1n) is 9.31. The summed E-state index contributed by atoms with van der Waals surface area (Å²) >= 11 is 0. The lowest BCUT2D eigenvalue weighted by atomic mass is 10.2. The van der Waals surface area contributed by atoms with Gasteiger partial charge in [-0.3, -0.25) is 4.79 Å². The molecular formula is C20H27N5O2. The van der Waals surface area contributed by atoms with E-state index in [1.165, 1.54) is 0 Å². The molecule has 0 saturated carbocycles. The number of hydrogen-bond acceptors (Lipinski definition) is 6. The lowest BCUT2D eigenvalue weighted by molar-refractivity contribution is -0.129. The van der Waals surface area contributed by atoms with Crippen LogP contribution >= 0.6 is 0 Å². The Balaban J connectivity index is 1.78. The minimum Gasteiger partial charge on any atom is -0.489 e. The lowest BCUT2D eigenvalue weighted by Gasteiger charge is -2.34. The zero-order valence-corrected chi connectivity index (χ0v) is 16.4. The van der Waals surface area contributed by atoms with E-state index in [1.54, 1.807) is 6.92 Å². The molecule has 1 amide bonds. The van der Waals surface area contributed by atoms with Gasteiger partial charge in [0.25, 0.3) is 0 Å². The van der Waals surface area contributed by atoms with E-state index in [-0.39, 0.29) is 12.0 Å². The maximum atomic E-state index is 11.5. The SMILES string of the molecule is CC(=O)N1CCN(c2nc(C)cc(Nc3ccccc3OC(C)C)n2)CC1. The van der Waals surface area contributed by atoms with E-state index in [4.69, 9.17) is 4.74 Å². The van der Waals surface area contributed by atoms with E-state index in [1.807, 2.05) is 56.0 Å². The minimum atomic E-state index is 0.0909. The highest BCUT2D eigenvalue weighted by Crippen LogP contribution is 2.28. The smallest absolute Gasteiger partial charge is 0.227 e. The molecule has 1 aromatic carbocycles. The van der Waals surface area contributed by atoms with Gasteiger partial charge in [-0.1, -0.05) is 12.1 Å². The number of amides is 1. The predicted molar refractivity (Wildman–Crippen MR) is 107 cm³/mol. The van der Waals surface area contributed by atoms with Crippen LogP contribution in [0.15, 0.2) is 30.3 Å². The molecule has 1 N–H and O–H groups in total. The number of carbonyl (C=O) groups is 1. The van der Waals surface area contributed by atoms with Gasteiger partial charge in [0.05, 0.1) is 11.8 Å². The number of aromatic nitrogens is 2. The van der Waals surface area contributed by atoms with E-state index in [9.17, 15) is 4.79 Å². The van der Waals surface area contributed by atoms with Gasteiger partial charge in [-0.15, -0.1) is 0 Å². The third-order valence-electron chi connectivity index (χ3n) is 4.36. The molecular weight excluding hydrogens is 342 g/mol. The quantitative estimate of drug-likeness (QED) is 0.874. The van der Waals surface area contributed by atoms with Crippen LogP contribution in [0.1, 0.15) is 26.5 Å². The summed E-state index contributed by atoms with van der Waals surface area (Å²) in [5, 5.41) is 3.36. The third kappa shape index (κ3) is 4.87. The van der Waals surface area contributed by atoms with Gasteiger partial charge in [0.2, 0.25) is 11.9 Å². The number of para-hydroxylation sites is 2. The second-order valence-corrected chi connectivity index (χ2v) is 6.98. The van der Waals surface area contributed by atoms with E-state index in [2.05, 4.69) is 20.2 Å². The molecule has 27 heavy (non-hydrogen) atoms. The van der Waals surface area contributed by atoms with Gasteiger partial charge < -0.3 is 19.9 Å². The summed E-state index contributed by atoms with van der Waals surface area (Å²) in [5.41, 5.74) is 1.76. The number of nitrogens with zero attached hydrogens (tertiary/aromatic N) is 4. The van der Waals surface area contributed by atoms with E-state index < -0.39 is 0 Å². The summed E-state index contributed by atoms with van der Waals surface area (Å²) in [6.45, 7) is 10.4. The Hall–Kier alpha value is -2.83. The molecule has 1 aromatic heterocycles. The molecule has 2 heterocycles. The Morgan fingerprint density at radius 3 is 2.52 bits per heavy atom. The second-order valence-electron chi connectivity index (χ2n) is 6.98. The summed E-state index contributed by atoms with van der Waals surface area (Å²) in [6, 6.07) is 9.75. The zero-order chi connectivity index (χ0) is 19.4. The average molecular weight is 369 g/mol. The van der Waals surface area contributed by atoms with Crippen molar-refractivity contribution in [3.8, 4) is 5.75 Å². The summed E-state index contributed by atoms with van der Waals surface area (Å²) in [6.07, 6.45) is 0.0909. The van der Waals surface area contributed by atoms with Gasteiger partial charge in [0.1, 0.15) is 11.6 Å². The van der Waals surface area contributed by atoms with Crippen LogP contribution < -0.4 is 15.0 Å². The summed E-state index contributed by atoms with van der Waals surface area (Å²) in [7, 11) is 0. The van der Waals surface area contributed by atoms with Crippen molar-refractivity contribution in [3.63, 3.8) is 0 Å². The van der Waals surface area contributed by atoms with Crippen molar-refractivity contribution in [2.75, 3.05) is 36.4 Å². The molecule has 0 spiro atoms. The molecule has 3 rings (SSSR count). The Morgan fingerprint density at radius 2 is 1.85 bits per heavy atom. The second kappa shape index (κ2) is 8.24. The number of hydrogen-bond donors (Lipinski definition) is 1. The number of rotatable bonds is 5. The van der Waals surface area contributed by atoms with Crippen LogP contribution in [0.2, 0.25) is 0 Å². The van der Waals surface area contributed by atoms with Crippen molar-refractivity contribution >= 4 is 23.4 Å². The Kier molecular flexibility index (Phi) is 5.78. The van der Waals surface area contributed by atoms with Crippen LogP contribution in [-0.2, 0) is 4.79 Å². The van der Waals surface area contributed by atoms with E-state index in [0.717, 1.165) is 36.0 Å². The number of piperazine rings is 1. The van der Waals surface area contributed by atoms with Crippen LogP contribution in [0.3, 0.4) is 0 Å². The molecule has 0 bridgehead atoms. The van der Waals surface area contributed by atoms with Crippen molar-refractivity contribution < 1.29 is 9.53 Å². The van der Waals surface area contributed by atoms with Gasteiger partial charge >= 0.3 is 0 Å². The number of benzene rings is 1. The normalized spacial score (nSPS) is 14.4. The van der Waals surface area contributed by atoms with Gasteiger partial charge in [0, 0.05) is 44.9 Å². The van der Waals surface area contributed by atoms with E-state index in [0.29, 0.717) is 19.0 Å². The molecule has 144 valence electrons. The number of nitrogens with one attached hydrogen (secondary N) is 1. The fourth-order valence-electron chi connectivity index (χ4n) is 3.04. The average Bonchev–Trinajstić information content (AvgIpc) is 2.62. The molecule has 0 atom stereocenters. The molecule has 1 aliphatic heterocycles. The summed E-state index contributed by atoms with van der Waals surface area (Å²) in [4.78, 5) is 24.8. The van der Waals surface area contributed by atoms with Crippen LogP contribution in [-0.4, -0.2) is 53.1 Å². The topological polar surface area (TPSA) is 70.6 Å². The largest absolute Gasteiger partial charge is 0.489 e. The number of carbonyl (C=O) groups excluding carboxylic acids is 1. The third-order valence-corrected chi connectivity index (χ3v) is 4.36. The predicted octanol–water partition coefficient (Wildman–Crippen LogP) is 2.98. The van der Waals surface area contributed by atoms with E-state index >= 15 is 0 Å². The number of anilines is 3. The van der Waals surface area contributed by atoms with Crippen molar-refractivity contribution in [2.45, 2.75) is 33.8 Å². The van der Waals surface area contributed by atoms with Crippen molar-refractivity contribution in [1.82, 2.24) is 14.9 Å².